The average Bonchev–Trinajstić information content (AvgIpc) is 3.39. The number of rotatable bonds is 62. The van der Waals surface area contributed by atoms with Crippen LogP contribution >= 0.6 is 0 Å². The molecule has 0 saturated carbocycles. The Morgan fingerprint density at radius 1 is 0.395 bits per heavy atom. The van der Waals surface area contributed by atoms with Crippen molar-refractivity contribution in [2.24, 2.45) is 0 Å². The van der Waals surface area contributed by atoms with Gasteiger partial charge in [0.05, 0.1) is 34.4 Å². The molecule has 0 amide bonds. The van der Waals surface area contributed by atoms with Gasteiger partial charge in [0, 0.05) is 12.8 Å². The predicted octanol–water partition coefficient (Wildman–Crippen LogP) is 19.9. The minimum Gasteiger partial charge on any atom is -0.477 e. The zero-order valence-electron chi connectivity index (χ0n) is 51.2. The number of nitrogens with zero attached hydrogens (tertiary/aromatic N) is 1. The molecule has 9 nitrogen and oxygen atoms in total. The quantitative estimate of drug-likeness (QED) is 0.0211. The van der Waals surface area contributed by atoms with E-state index in [0.717, 1.165) is 51.4 Å². The van der Waals surface area contributed by atoms with Crippen LogP contribution in [0.2, 0.25) is 0 Å². The molecule has 0 radical (unpaired) electrons. The summed E-state index contributed by atoms with van der Waals surface area (Å²) >= 11 is 0. The number of unbranched alkanes of at least 4 members (excludes halogenated alkanes) is 43. The van der Waals surface area contributed by atoms with Gasteiger partial charge in [-0.1, -0.05) is 295 Å². The van der Waals surface area contributed by atoms with Crippen LogP contribution in [0, 0.1) is 0 Å². The second kappa shape index (κ2) is 58.9. The van der Waals surface area contributed by atoms with Crippen LogP contribution in [0.25, 0.3) is 0 Å². The summed E-state index contributed by atoms with van der Waals surface area (Å²) in [5.74, 6) is -1.99. The van der Waals surface area contributed by atoms with E-state index >= 15 is 0 Å². The highest BCUT2D eigenvalue weighted by Gasteiger charge is 2.25. The molecule has 0 aromatic rings. The van der Waals surface area contributed by atoms with E-state index in [1.54, 1.807) is 0 Å². The molecule has 0 aromatic carbocycles. The lowest BCUT2D eigenvalue weighted by Gasteiger charge is -2.25. The van der Waals surface area contributed by atoms with E-state index < -0.39 is 24.3 Å². The second-order valence-electron chi connectivity index (χ2n) is 23.8. The lowest BCUT2D eigenvalue weighted by atomic mass is 10.0. The maximum atomic E-state index is 12.9. The van der Waals surface area contributed by atoms with Crippen LogP contribution in [-0.2, 0) is 33.3 Å². The van der Waals surface area contributed by atoms with Gasteiger partial charge in [0.25, 0.3) is 6.29 Å². The first-order valence-corrected chi connectivity index (χ1v) is 33.0. The van der Waals surface area contributed by atoms with Crippen molar-refractivity contribution in [3.05, 3.63) is 24.3 Å². The summed E-state index contributed by atoms with van der Waals surface area (Å²) in [4.78, 5) is 37.5. The number of likely N-dealkylation sites (N-methyl/N-ethyl adjacent to an activating group) is 1. The Balaban J connectivity index is 4.08. The molecule has 0 saturated heterocycles. The molecule has 0 heterocycles. The van der Waals surface area contributed by atoms with E-state index in [4.69, 9.17) is 18.9 Å². The molecule has 0 aromatic heterocycles. The number of esters is 2. The maximum Gasteiger partial charge on any atom is 0.361 e. The van der Waals surface area contributed by atoms with E-state index in [2.05, 4.69) is 38.2 Å². The summed E-state index contributed by atoms with van der Waals surface area (Å²) in [6.07, 6.45) is 68.5. The van der Waals surface area contributed by atoms with Gasteiger partial charge >= 0.3 is 17.9 Å². The Bertz CT molecular complexity index is 1300. The Hall–Kier alpha value is -2.23. The third kappa shape index (κ3) is 59.4. The maximum absolute atomic E-state index is 12.9. The van der Waals surface area contributed by atoms with E-state index in [1.807, 2.05) is 21.1 Å². The predicted molar refractivity (Wildman–Crippen MR) is 323 cm³/mol. The van der Waals surface area contributed by atoms with Crippen LogP contribution in [0.15, 0.2) is 24.3 Å². The van der Waals surface area contributed by atoms with Gasteiger partial charge < -0.3 is 28.5 Å². The van der Waals surface area contributed by atoms with Gasteiger partial charge in [-0.2, -0.15) is 0 Å². The molecule has 0 aliphatic carbocycles. The lowest BCUT2D eigenvalue weighted by Crippen LogP contribution is -2.40. The van der Waals surface area contributed by atoms with Crippen molar-refractivity contribution in [1.82, 2.24) is 0 Å². The van der Waals surface area contributed by atoms with Crippen molar-refractivity contribution in [3.63, 3.8) is 0 Å². The van der Waals surface area contributed by atoms with E-state index in [-0.39, 0.29) is 32.2 Å². The van der Waals surface area contributed by atoms with Gasteiger partial charge in [-0.3, -0.25) is 9.59 Å². The van der Waals surface area contributed by atoms with Crippen LogP contribution in [0.4, 0.5) is 0 Å². The second-order valence-corrected chi connectivity index (χ2v) is 23.8. The Labute approximate surface area is 471 Å². The molecule has 448 valence electrons. The smallest absolute Gasteiger partial charge is 0.361 e. The minimum atomic E-state index is -1.51. The third-order valence-corrected chi connectivity index (χ3v) is 15.0. The molecular formula is C67H128NO8+. The van der Waals surface area contributed by atoms with Gasteiger partial charge in [-0.25, -0.2) is 4.79 Å². The van der Waals surface area contributed by atoms with Gasteiger partial charge in [0.2, 0.25) is 0 Å². The first-order valence-electron chi connectivity index (χ1n) is 33.0. The highest BCUT2D eigenvalue weighted by molar-refractivity contribution is 5.71. The third-order valence-electron chi connectivity index (χ3n) is 15.0. The van der Waals surface area contributed by atoms with Crippen LogP contribution in [0.1, 0.15) is 328 Å². The number of hydrogen-bond donors (Lipinski definition) is 1. The van der Waals surface area contributed by atoms with Crippen LogP contribution in [-0.4, -0.2) is 87.4 Å². The normalized spacial score (nSPS) is 12.8. The first-order chi connectivity index (χ1) is 37.1. The summed E-state index contributed by atoms with van der Waals surface area (Å²) < 4.78 is 23.0. The monoisotopic (exact) mass is 1070 g/mol. The molecule has 1 N–H and O–H groups in total. The molecule has 2 atom stereocenters. The van der Waals surface area contributed by atoms with Crippen molar-refractivity contribution < 1.29 is 42.9 Å². The summed E-state index contributed by atoms with van der Waals surface area (Å²) in [5.41, 5.74) is 0. The molecule has 9 heteroatoms. The highest BCUT2D eigenvalue weighted by Crippen LogP contribution is 2.18. The SMILES string of the molecule is CCCCCCC/C=C\C/C=C\CCCCCCCCCCCC(=O)OC(COC(=O)CCCCCCCCCCCCCCCCCCCCCCCCCCCCCCCC)COC(OCC[N+](C)(C)C)C(=O)O. The van der Waals surface area contributed by atoms with E-state index in [1.165, 1.54) is 250 Å². The Kier molecular flexibility index (Phi) is 57.2. The van der Waals surface area contributed by atoms with Gasteiger partial charge in [0.15, 0.2) is 6.10 Å². The molecule has 0 fully saturated rings. The number of hydrogen-bond acceptors (Lipinski definition) is 7. The number of quaternary nitrogens is 1. The van der Waals surface area contributed by atoms with Crippen LogP contribution in [0.3, 0.4) is 0 Å². The van der Waals surface area contributed by atoms with Crippen molar-refractivity contribution in [1.29, 1.82) is 0 Å². The first kappa shape index (κ1) is 73.8. The number of aliphatic carboxylic acids is 1. The molecule has 0 aliphatic rings. The Morgan fingerprint density at radius 3 is 1.04 bits per heavy atom. The molecule has 0 spiro atoms. The number of carbonyl (C=O) groups excluding carboxylic acids is 2. The lowest BCUT2D eigenvalue weighted by molar-refractivity contribution is -0.870. The minimum absolute atomic E-state index is 0.178. The number of carbonyl (C=O) groups is 3. The summed E-state index contributed by atoms with van der Waals surface area (Å²) in [7, 11) is 5.98. The highest BCUT2D eigenvalue weighted by atomic mass is 16.7. The molecule has 2 unspecified atom stereocenters. The van der Waals surface area contributed by atoms with Crippen molar-refractivity contribution in [3.8, 4) is 0 Å². The number of ether oxygens (including phenoxy) is 4. The number of carboxylic acid groups (broad SMARTS) is 1. The molecule has 76 heavy (non-hydrogen) atoms. The summed E-state index contributed by atoms with van der Waals surface area (Å²) in [5, 5.41) is 9.72. The number of allylic oxidation sites excluding steroid dienone is 4. The molecular weight excluding hydrogens is 947 g/mol. The zero-order chi connectivity index (χ0) is 55.5. The topological polar surface area (TPSA) is 108 Å². The standard InChI is InChI=1S/C67H127NO8/c1-6-8-10-12-14-16-18-20-22-24-26-28-29-30-31-32-33-34-35-36-38-39-41-43-45-47-49-51-53-55-57-64(69)74-61-63(62-75-67(66(71)72)73-60-59-68(3,4)5)76-65(70)58-56-54-52-50-48-46-44-42-40-37-27-25-23-21-19-17-15-13-11-9-7-2/h19,21,25,27,63,67H,6-18,20,22-24,26,28-62H2,1-5H3/p+1/b21-19-,27-25-. The van der Waals surface area contributed by atoms with E-state index in [0.29, 0.717) is 17.4 Å². The molecule has 0 aliphatic heterocycles. The van der Waals surface area contributed by atoms with Crippen molar-refractivity contribution in [2.45, 2.75) is 341 Å². The van der Waals surface area contributed by atoms with Gasteiger partial charge in [-0.05, 0) is 44.9 Å². The number of carboxylic acids is 1. The van der Waals surface area contributed by atoms with Gasteiger partial charge in [-0.15, -0.1) is 0 Å². The summed E-state index contributed by atoms with van der Waals surface area (Å²) in [6, 6.07) is 0. The summed E-state index contributed by atoms with van der Waals surface area (Å²) in [6.45, 7) is 4.92. The van der Waals surface area contributed by atoms with Crippen molar-refractivity contribution in [2.75, 3.05) is 47.5 Å². The zero-order valence-corrected chi connectivity index (χ0v) is 51.2. The molecule has 0 rings (SSSR count). The van der Waals surface area contributed by atoms with E-state index in [9.17, 15) is 19.5 Å². The van der Waals surface area contributed by atoms with Gasteiger partial charge in [0.1, 0.15) is 13.2 Å². The van der Waals surface area contributed by atoms with Crippen LogP contribution in [0.5, 0.6) is 0 Å². The van der Waals surface area contributed by atoms with Crippen molar-refractivity contribution >= 4 is 17.9 Å². The molecule has 0 bridgehead atoms. The Morgan fingerprint density at radius 2 is 0.711 bits per heavy atom. The average molecular weight is 1080 g/mol. The fraction of sp³-hybridized carbons (Fsp3) is 0.896. The largest absolute Gasteiger partial charge is 0.477 e. The fourth-order valence-electron chi connectivity index (χ4n) is 9.87. The fourth-order valence-corrected chi connectivity index (χ4v) is 9.87. The van der Waals surface area contributed by atoms with Crippen LogP contribution < -0.4 is 0 Å².